The molecule has 1 atom stereocenters. The molecule has 0 amide bonds. The van der Waals surface area contributed by atoms with E-state index in [1.807, 2.05) is 12.1 Å². The van der Waals surface area contributed by atoms with Crippen molar-refractivity contribution in [3.63, 3.8) is 0 Å². The SMILES string of the molecule is CC/C=C\CC(C)c1cc(OC)ccc1OC. The van der Waals surface area contributed by atoms with Crippen molar-refractivity contribution >= 4 is 0 Å². The molecule has 1 unspecified atom stereocenters. The summed E-state index contributed by atoms with van der Waals surface area (Å²) < 4.78 is 10.6. The molecule has 94 valence electrons. The number of hydrogen-bond donors (Lipinski definition) is 0. The highest BCUT2D eigenvalue weighted by molar-refractivity contribution is 5.42. The van der Waals surface area contributed by atoms with E-state index in [0.717, 1.165) is 24.3 Å². The van der Waals surface area contributed by atoms with E-state index in [-0.39, 0.29) is 0 Å². The van der Waals surface area contributed by atoms with E-state index in [0.29, 0.717) is 5.92 Å². The standard InChI is InChI=1S/C15H22O2/c1-5-6-7-8-12(2)14-11-13(16-3)9-10-15(14)17-4/h6-7,9-12H,5,8H2,1-4H3/b7-6-. The molecule has 0 saturated carbocycles. The third kappa shape index (κ3) is 3.81. The van der Waals surface area contributed by atoms with Crippen LogP contribution in [0.25, 0.3) is 0 Å². The lowest BCUT2D eigenvalue weighted by Crippen LogP contribution is -1.98. The van der Waals surface area contributed by atoms with E-state index in [9.17, 15) is 0 Å². The fourth-order valence-electron chi connectivity index (χ4n) is 1.82. The Morgan fingerprint density at radius 3 is 2.53 bits per heavy atom. The van der Waals surface area contributed by atoms with Gasteiger partial charge in [0.25, 0.3) is 0 Å². The van der Waals surface area contributed by atoms with Crippen molar-refractivity contribution in [1.29, 1.82) is 0 Å². The van der Waals surface area contributed by atoms with E-state index in [4.69, 9.17) is 9.47 Å². The van der Waals surface area contributed by atoms with Crippen molar-refractivity contribution in [3.8, 4) is 11.5 Å². The van der Waals surface area contributed by atoms with Crippen LogP contribution in [0.1, 0.15) is 38.2 Å². The molecule has 1 aromatic rings. The molecule has 2 nitrogen and oxygen atoms in total. The molecular weight excluding hydrogens is 212 g/mol. The Morgan fingerprint density at radius 2 is 1.94 bits per heavy atom. The number of hydrogen-bond acceptors (Lipinski definition) is 2. The molecule has 0 saturated heterocycles. The Hall–Kier alpha value is -1.44. The molecule has 0 radical (unpaired) electrons. The van der Waals surface area contributed by atoms with Gasteiger partial charge in [-0.05, 0) is 37.0 Å². The predicted molar refractivity (Wildman–Crippen MR) is 72.0 cm³/mol. The molecular formula is C15H22O2. The fraction of sp³-hybridized carbons (Fsp3) is 0.467. The first-order valence-electron chi connectivity index (χ1n) is 6.09. The Labute approximate surface area is 104 Å². The summed E-state index contributed by atoms with van der Waals surface area (Å²) in [6, 6.07) is 5.95. The number of rotatable bonds is 6. The number of benzene rings is 1. The summed E-state index contributed by atoms with van der Waals surface area (Å²) in [6.07, 6.45) is 6.53. The van der Waals surface area contributed by atoms with Crippen LogP contribution in [-0.4, -0.2) is 14.2 Å². The largest absolute Gasteiger partial charge is 0.497 e. The lowest BCUT2D eigenvalue weighted by atomic mass is 9.96. The van der Waals surface area contributed by atoms with E-state index >= 15 is 0 Å². The van der Waals surface area contributed by atoms with Gasteiger partial charge in [0, 0.05) is 5.56 Å². The minimum Gasteiger partial charge on any atom is -0.497 e. The maximum Gasteiger partial charge on any atom is 0.122 e. The van der Waals surface area contributed by atoms with Crippen LogP contribution in [-0.2, 0) is 0 Å². The quantitative estimate of drug-likeness (QED) is 0.688. The van der Waals surface area contributed by atoms with Crippen LogP contribution in [0.3, 0.4) is 0 Å². The highest BCUT2D eigenvalue weighted by atomic mass is 16.5. The zero-order valence-corrected chi connectivity index (χ0v) is 11.2. The molecule has 0 bridgehead atoms. The van der Waals surface area contributed by atoms with Crippen LogP contribution in [0.15, 0.2) is 30.4 Å². The van der Waals surface area contributed by atoms with Gasteiger partial charge >= 0.3 is 0 Å². The number of allylic oxidation sites excluding steroid dienone is 2. The van der Waals surface area contributed by atoms with Crippen molar-refractivity contribution in [2.75, 3.05) is 14.2 Å². The summed E-state index contributed by atoms with van der Waals surface area (Å²) in [5, 5.41) is 0. The van der Waals surface area contributed by atoms with Gasteiger partial charge in [0.1, 0.15) is 11.5 Å². The van der Waals surface area contributed by atoms with Gasteiger partial charge in [0.15, 0.2) is 0 Å². The monoisotopic (exact) mass is 234 g/mol. The lowest BCUT2D eigenvalue weighted by Gasteiger charge is -2.15. The number of methoxy groups -OCH3 is 2. The van der Waals surface area contributed by atoms with Crippen molar-refractivity contribution in [2.45, 2.75) is 32.6 Å². The summed E-state index contributed by atoms with van der Waals surface area (Å²) in [7, 11) is 3.40. The topological polar surface area (TPSA) is 18.5 Å². The average molecular weight is 234 g/mol. The van der Waals surface area contributed by atoms with Gasteiger partial charge in [-0.2, -0.15) is 0 Å². The second-order valence-corrected chi connectivity index (χ2v) is 4.12. The van der Waals surface area contributed by atoms with E-state index < -0.39 is 0 Å². The van der Waals surface area contributed by atoms with Crippen LogP contribution in [0.2, 0.25) is 0 Å². The minimum atomic E-state index is 0.433. The normalized spacial score (nSPS) is 12.7. The molecule has 1 rings (SSSR count). The Bertz CT molecular complexity index is 369. The van der Waals surface area contributed by atoms with Gasteiger partial charge in [0.05, 0.1) is 14.2 Å². The van der Waals surface area contributed by atoms with Crippen LogP contribution in [0.5, 0.6) is 11.5 Å². The molecule has 1 aromatic carbocycles. The van der Waals surface area contributed by atoms with Gasteiger partial charge in [0.2, 0.25) is 0 Å². The Morgan fingerprint density at radius 1 is 1.18 bits per heavy atom. The van der Waals surface area contributed by atoms with Crippen molar-refractivity contribution < 1.29 is 9.47 Å². The third-order valence-electron chi connectivity index (χ3n) is 2.86. The summed E-state index contributed by atoms with van der Waals surface area (Å²) in [5.41, 5.74) is 1.20. The van der Waals surface area contributed by atoms with Crippen molar-refractivity contribution in [3.05, 3.63) is 35.9 Å². The van der Waals surface area contributed by atoms with Gasteiger partial charge in [-0.25, -0.2) is 0 Å². The molecule has 0 aliphatic rings. The van der Waals surface area contributed by atoms with E-state index in [1.165, 1.54) is 5.56 Å². The lowest BCUT2D eigenvalue weighted by molar-refractivity contribution is 0.396. The van der Waals surface area contributed by atoms with E-state index in [1.54, 1.807) is 14.2 Å². The average Bonchev–Trinajstić information content (AvgIpc) is 2.38. The first-order chi connectivity index (χ1) is 8.22. The van der Waals surface area contributed by atoms with Gasteiger partial charge < -0.3 is 9.47 Å². The van der Waals surface area contributed by atoms with Crippen molar-refractivity contribution in [1.82, 2.24) is 0 Å². The summed E-state index contributed by atoms with van der Waals surface area (Å²) >= 11 is 0. The summed E-state index contributed by atoms with van der Waals surface area (Å²) in [5.74, 6) is 2.25. The molecule has 0 aliphatic heterocycles. The number of ether oxygens (including phenoxy) is 2. The molecule has 0 aromatic heterocycles. The molecule has 0 aliphatic carbocycles. The second-order valence-electron chi connectivity index (χ2n) is 4.12. The minimum absolute atomic E-state index is 0.433. The van der Waals surface area contributed by atoms with Gasteiger partial charge in [-0.1, -0.05) is 26.0 Å². The molecule has 2 heteroatoms. The Kier molecular flexibility index (Phi) is 5.61. The summed E-state index contributed by atoms with van der Waals surface area (Å²) in [6.45, 7) is 4.35. The maximum absolute atomic E-state index is 5.39. The third-order valence-corrected chi connectivity index (χ3v) is 2.86. The van der Waals surface area contributed by atoms with Crippen molar-refractivity contribution in [2.24, 2.45) is 0 Å². The molecule has 17 heavy (non-hydrogen) atoms. The molecule has 0 heterocycles. The van der Waals surface area contributed by atoms with Crippen LogP contribution >= 0.6 is 0 Å². The maximum atomic E-state index is 5.39. The zero-order chi connectivity index (χ0) is 12.7. The summed E-state index contributed by atoms with van der Waals surface area (Å²) in [4.78, 5) is 0. The molecule has 0 spiro atoms. The zero-order valence-electron chi connectivity index (χ0n) is 11.2. The predicted octanol–water partition coefficient (Wildman–Crippen LogP) is 4.16. The van der Waals surface area contributed by atoms with E-state index in [2.05, 4.69) is 32.1 Å². The van der Waals surface area contributed by atoms with Gasteiger partial charge in [-0.3, -0.25) is 0 Å². The van der Waals surface area contributed by atoms with Gasteiger partial charge in [-0.15, -0.1) is 0 Å². The van der Waals surface area contributed by atoms with Crippen LogP contribution in [0.4, 0.5) is 0 Å². The first-order valence-corrected chi connectivity index (χ1v) is 6.09. The van der Waals surface area contributed by atoms with Crippen LogP contribution < -0.4 is 9.47 Å². The highest BCUT2D eigenvalue weighted by Crippen LogP contribution is 2.32. The first kappa shape index (κ1) is 13.6. The van der Waals surface area contributed by atoms with Crippen LogP contribution in [0, 0.1) is 0 Å². The smallest absolute Gasteiger partial charge is 0.122 e. The Balaban J connectivity index is 2.88. The molecule has 0 fully saturated rings. The highest BCUT2D eigenvalue weighted by Gasteiger charge is 2.11. The second kappa shape index (κ2) is 7.00. The molecule has 0 N–H and O–H groups in total. The fourth-order valence-corrected chi connectivity index (χ4v) is 1.82.